The molecule has 1 saturated carbocycles. The Morgan fingerprint density at radius 2 is 1.85 bits per heavy atom. The molecule has 1 aromatic rings. The summed E-state index contributed by atoms with van der Waals surface area (Å²) < 4.78 is 0. The molecule has 1 aliphatic carbocycles. The van der Waals surface area contributed by atoms with E-state index >= 15 is 0 Å². The molecule has 1 heterocycles. The van der Waals surface area contributed by atoms with Crippen molar-refractivity contribution in [1.82, 2.24) is 20.5 Å². The molecule has 3 N–H and O–H groups in total. The number of rotatable bonds is 6. The summed E-state index contributed by atoms with van der Waals surface area (Å²) in [6, 6.07) is 3.21. The number of hydrogen-bond donors (Lipinski definition) is 3. The fraction of sp³-hybridized carbons (Fsp3) is 0.579. The van der Waals surface area contributed by atoms with Gasteiger partial charge in [-0.15, -0.1) is 0 Å². The molecule has 0 spiro atoms. The molecule has 0 bridgehead atoms. The van der Waals surface area contributed by atoms with Gasteiger partial charge in [-0.05, 0) is 44.4 Å². The normalized spacial score (nSPS) is 19.4. The van der Waals surface area contributed by atoms with Crippen LogP contribution in [0.15, 0.2) is 18.3 Å². The number of amides is 4. The van der Waals surface area contributed by atoms with Crippen LogP contribution in [0.5, 0.6) is 0 Å². The summed E-state index contributed by atoms with van der Waals surface area (Å²) in [4.78, 5) is 41.6. The highest BCUT2D eigenvalue weighted by Gasteiger charge is 2.23. The summed E-state index contributed by atoms with van der Waals surface area (Å²) in [5, 5.41) is 7.88. The Kier molecular flexibility index (Phi) is 7.72. The summed E-state index contributed by atoms with van der Waals surface area (Å²) >= 11 is 0. The van der Waals surface area contributed by atoms with Gasteiger partial charge in [-0.1, -0.05) is 25.8 Å². The smallest absolute Gasteiger partial charge is 0.321 e. The van der Waals surface area contributed by atoms with Crippen molar-refractivity contribution in [3.8, 4) is 0 Å². The number of aromatic nitrogens is 1. The molecular formula is C19H29N5O3. The van der Waals surface area contributed by atoms with Crippen LogP contribution in [0.2, 0.25) is 0 Å². The Hall–Kier alpha value is -2.48. The van der Waals surface area contributed by atoms with Crippen LogP contribution in [-0.2, 0) is 9.59 Å². The van der Waals surface area contributed by atoms with Crippen molar-refractivity contribution in [3.63, 3.8) is 0 Å². The summed E-state index contributed by atoms with van der Waals surface area (Å²) in [5.74, 6) is 0.160. The zero-order valence-corrected chi connectivity index (χ0v) is 16.2. The van der Waals surface area contributed by atoms with Crippen molar-refractivity contribution < 1.29 is 14.4 Å². The molecule has 8 nitrogen and oxygen atoms in total. The molecule has 0 aliphatic heterocycles. The van der Waals surface area contributed by atoms with E-state index in [9.17, 15) is 14.4 Å². The Morgan fingerprint density at radius 3 is 2.52 bits per heavy atom. The van der Waals surface area contributed by atoms with Gasteiger partial charge in [0.15, 0.2) is 0 Å². The number of likely N-dealkylation sites (N-methyl/N-ethyl adjacent to an activating group) is 1. The lowest BCUT2D eigenvalue weighted by atomic mass is 9.86. The third kappa shape index (κ3) is 7.34. The largest absolute Gasteiger partial charge is 0.335 e. The Bertz CT molecular complexity index is 662. The van der Waals surface area contributed by atoms with Gasteiger partial charge in [-0.2, -0.15) is 0 Å². The van der Waals surface area contributed by atoms with Gasteiger partial charge in [-0.3, -0.25) is 19.8 Å². The Balaban J connectivity index is 1.70. The SMILES string of the molecule is Cc1ccc(NC(=O)CN(C)CC(=O)NC(=O)N[C@H]2CCCC[C@H]2C)nc1. The van der Waals surface area contributed by atoms with E-state index < -0.39 is 11.9 Å². The molecule has 0 unspecified atom stereocenters. The van der Waals surface area contributed by atoms with Gasteiger partial charge in [0, 0.05) is 12.2 Å². The predicted octanol–water partition coefficient (Wildman–Crippen LogP) is 1.66. The summed E-state index contributed by atoms with van der Waals surface area (Å²) in [6.07, 6.45) is 5.98. The van der Waals surface area contributed by atoms with Gasteiger partial charge >= 0.3 is 6.03 Å². The van der Waals surface area contributed by atoms with E-state index in [0.29, 0.717) is 11.7 Å². The first-order valence-electron chi connectivity index (χ1n) is 9.35. The van der Waals surface area contributed by atoms with Crippen molar-refractivity contribution in [2.24, 2.45) is 5.92 Å². The van der Waals surface area contributed by atoms with E-state index in [0.717, 1.165) is 24.8 Å². The van der Waals surface area contributed by atoms with Crippen molar-refractivity contribution in [1.29, 1.82) is 0 Å². The number of carbonyl (C=O) groups excluding carboxylic acids is 3. The molecular weight excluding hydrogens is 346 g/mol. The van der Waals surface area contributed by atoms with E-state index in [1.165, 1.54) is 11.3 Å². The van der Waals surface area contributed by atoms with E-state index in [1.54, 1.807) is 19.3 Å². The average Bonchev–Trinajstić information content (AvgIpc) is 2.58. The van der Waals surface area contributed by atoms with Crippen LogP contribution in [0, 0.1) is 12.8 Å². The predicted molar refractivity (Wildman–Crippen MR) is 103 cm³/mol. The lowest BCUT2D eigenvalue weighted by molar-refractivity contribution is -0.122. The zero-order valence-electron chi connectivity index (χ0n) is 16.2. The highest BCUT2D eigenvalue weighted by atomic mass is 16.2. The minimum Gasteiger partial charge on any atom is -0.335 e. The van der Waals surface area contributed by atoms with Crippen LogP contribution in [-0.4, -0.2) is 53.9 Å². The van der Waals surface area contributed by atoms with E-state index in [1.807, 2.05) is 13.0 Å². The van der Waals surface area contributed by atoms with E-state index in [4.69, 9.17) is 0 Å². The Morgan fingerprint density at radius 1 is 1.15 bits per heavy atom. The first-order chi connectivity index (χ1) is 12.8. The third-order valence-electron chi connectivity index (χ3n) is 4.69. The Labute approximate surface area is 160 Å². The van der Waals surface area contributed by atoms with Gasteiger partial charge < -0.3 is 10.6 Å². The number of nitrogens with one attached hydrogen (secondary N) is 3. The summed E-state index contributed by atoms with van der Waals surface area (Å²) in [7, 11) is 1.64. The quantitative estimate of drug-likeness (QED) is 0.702. The molecule has 2 atom stereocenters. The molecule has 1 aliphatic rings. The van der Waals surface area contributed by atoms with Gasteiger partial charge in [0.2, 0.25) is 11.8 Å². The van der Waals surface area contributed by atoms with Gasteiger partial charge in [0.05, 0.1) is 13.1 Å². The minimum atomic E-state index is -0.472. The maximum Gasteiger partial charge on any atom is 0.321 e. The number of hydrogen-bond acceptors (Lipinski definition) is 5. The molecule has 0 radical (unpaired) electrons. The highest BCUT2D eigenvalue weighted by molar-refractivity contribution is 5.96. The number of urea groups is 1. The van der Waals surface area contributed by atoms with Gasteiger partial charge in [0.25, 0.3) is 0 Å². The van der Waals surface area contributed by atoms with Crippen molar-refractivity contribution in [2.45, 2.75) is 45.6 Å². The van der Waals surface area contributed by atoms with Crippen LogP contribution < -0.4 is 16.0 Å². The molecule has 8 heteroatoms. The van der Waals surface area contributed by atoms with Crippen LogP contribution in [0.4, 0.5) is 10.6 Å². The van der Waals surface area contributed by atoms with Gasteiger partial charge in [0.1, 0.15) is 5.82 Å². The number of aryl methyl sites for hydroxylation is 1. The highest BCUT2D eigenvalue weighted by Crippen LogP contribution is 2.23. The maximum absolute atomic E-state index is 12.0. The molecule has 1 aromatic heterocycles. The molecule has 0 aromatic carbocycles. The number of nitrogens with zero attached hydrogens (tertiary/aromatic N) is 2. The van der Waals surface area contributed by atoms with Crippen LogP contribution in [0.25, 0.3) is 0 Å². The monoisotopic (exact) mass is 375 g/mol. The second-order valence-electron chi connectivity index (χ2n) is 7.33. The average molecular weight is 375 g/mol. The summed E-state index contributed by atoms with van der Waals surface area (Å²) in [5.41, 5.74) is 1.00. The molecule has 27 heavy (non-hydrogen) atoms. The molecule has 148 valence electrons. The lowest BCUT2D eigenvalue weighted by Crippen LogP contribution is -2.50. The first-order valence-corrected chi connectivity index (χ1v) is 9.35. The van der Waals surface area contributed by atoms with E-state index in [2.05, 4.69) is 27.9 Å². The standard InChI is InChI=1S/C19H29N5O3/c1-13-8-9-16(20-10-13)22-17(25)11-24(3)12-18(26)23-19(27)21-15-7-5-4-6-14(15)2/h8-10,14-15H,4-7,11-12H2,1-3H3,(H,20,22,25)(H2,21,23,26,27)/t14-,15+/m1/s1. The third-order valence-corrected chi connectivity index (χ3v) is 4.69. The van der Waals surface area contributed by atoms with Crippen molar-refractivity contribution in [2.75, 3.05) is 25.5 Å². The fourth-order valence-electron chi connectivity index (χ4n) is 3.17. The van der Waals surface area contributed by atoms with Crippen LogP contribution >= 0.6 is 0 Å². The van der Waals surface area contributed by atoms with Crippen molar-refractivity contribution in [3.05, 3.63) is 23.9 Å². The fourth-order valence-corrected chi connectivity index (χ4v) is 3.17. The summed E-state index contributed by atoms with van der Waals surface area (Å²) in [6.45, 7) is 3.99. The number of anilines is 1. The molecule has 2 rings (SSSR count). The topological polar surface area (TPSA) is 103 Å². The molecule has 0 saturated heterocycles. The lowest BCUT2D eigenvalue weighted by Gasteiger charge is -2.29. The maximum atomic E-state index is 12.0. The van der Waals surface area contributed by atoms with Gasteiger partial charge in [-0.25, -0.2) is 9.78 Å². The van der Waals surface area contributed by atoms with E-state index in [-0.39, 0.29) is 25.0 Å². The number of imide groups is 1. The number of pyridine rings is 1. The second kappa shape index (κ2) is 10.0. The molecule has 4 amide bonds. The zero-order chi connectivity index (χ0) is 19.8. The number of carbonyl (C=O) groups is 3. The van der Waals surface area contributed by atoms with Crippen molar-refractivity contribution >= 4 is 23.7 Å². The second-order valence-corrected chi connectivity index (χ2v) is 7.33. The van der Waals surface area contributed by atoms with Crippen LogP contribution in [0.1, 0.15) is 38.2 Å². The molecule has 1 fully saturated rings. The minimum absolute atomic E-state index is 0.0181. The first kappa shape index (κ1) is 20.8. The van der Waals surface area contributed by atoms with Crippen LogP contribution in [0.3, 0.4) is 0 Å².